The number of barbiturate groups is 1. The van der Waals surface area contributed by atoms with Gasteiger partial charge in [0.25, 0.3) is 11.8 Å². The molecule has 0 aliphatic carbocycles. The lowest BCUT2D eigenvalue weighted by Gasteiger charge is -2.27. The van der Waals surface area contributed by atoms with Gasteiger partial charge in [0.1, 0.15) is 17.9 Å². The Labute approximate surface area is 233 Å². The molecule has 3 aromatic rings. The van der Waals surface area contributed by atoms with Crippen molar-refractivity contribution in [1.29, 1.82) is 0 Å². The predicted octanol–water partition coefficient (Wildman–Crippen LogP) is 5.15. The third-order valence-electron chi connectivity index (χ3n) is 5.37. The quantitative estimate of drug-likeness (QED) is 0.208. The van der Waals surface area contributed by atoms with Crippen molar-refractivity contribution >= 4 is 80.8 Å². The zero-order valence-electron chi connectivity index (χ0n) is 18.7. The van der Waals surface area contributed by atoms with Gasteiger partial charge in [-0.2, -0.15) is 0 Å². The van der Waals surface area contributed by atoms with E-state index in [4.69, 9.17) is 9.84 Å². The van der Waals surface area contributed by atoms with E-state index in [9.17, 15) is 19.2 Å². The minimum atomic E-state index is -0.993. The molecule has 10 heteroatoms. The fourth-order valence-electron chi connectivity index (χ4n) is 3.56. The molecule has 1 fully saturated rings. The van der Waals surface area contributed by atoms with Crippen LogP contribution in [0.4, 0.5) is 10.5 Å². The van der Waals surface area contributed by atoms with Gasteiger partial charge in [0.2, 0.25) is 0 Å². The number of nitrogens with one attached hydrogen (secondary N) is 1. The van der Waals surface area contributed by atoms with E-state index in [1.807, 2.05) is 0 Å². The molecule has 0 saturated carbocycles. The van der Waals surface area contributed by atoms with Crippen LogP contribution in [-0.2, 0) is 16.2 Å². The second-order valence-electron chi connectivity index (χ2n) is 7.85. The molecule has 4 amide bonds. The number of amides is 4. The fraction of sp³-hybridized carbons (Fsp3) is 0.0769. The molecule has 3 aromatic carbocycles. The maximum Gasteiger partial charge on any atom is 0.335 e. The van der Waals surface area contributed by atoms with Gasteiger partial charge < -0.3 is 9.84 Å². The first-order valence-electron chi connectivity index (χ1n) is 10.6. The molecule has 0 aromatic heterocycles. The number of benzene rings is 3. The van der Waals surface area contributed by atoms with Gasteiger partial charge in [-0.25, -0.2) is 14.5 Å². The molecule has 0 bridgehead atoms. The van der Waals surface area contributed by atoms with Crippen LogP contribution >= 0.6 is 45.2 Å². The first-order chi connectivity index (χ1) is 17.2. The summed E-state index contributed by atoms with van der Waals surface area (Å²) in [5.41, 5.74) is 2.57. The number of aromatic carboxylic acids is 1. The van der Waals surface area contributed by atoms with Crippen LogP contribution in [0.25, 0.3) is 6.08 Å². The lowest BCUT2D eigenvalue weighted by molar-refractivity contribution is -0.122. The zero-order valence-corrected chi connectivity index (χ0v) is 23.1. The van der Waals surface area contributed by atoms with Gasteiger partial charge in [-0.15, -0.1) is 0 Å². The maximum absolute atomic E-state index is 13.2. The van der Waals surface area contributed by atoms with Gasteiger partial charge in [0.05, 0.1) is 18.4 Å². The normalized spacial score (nSPS) is 14.7. The molecule has 1 aliphatic heterocycles. The highest BCUT2D eigenvalue weighted by Crippen LogP contribution is 2.31. The molecule has 0 radical (unpaired) electrons. The third-order valence-corrected chi connectivity index (χ3v) is 6.98. The van der Waals surface area contributed by atoms with Gasteiger partial charge >= 0.3 is 12.0 Å². The molecular formula is C26H18I2N2O6. The van der Waals surface area contributed by atoms with Crippen LogP contribution in [0.15, 0.2) is 66.2 Å². The number of imide groups is 2. The number of aryl methyl sites for hydroxylation is 1. The highest BCUT2D eigenvalue weighted by atomic mass is 127. The number of hydrogen-bond donors (Lipinski definition) is 2. The second kappa shape index (κ2) is 10.8. The molecule has 1 aliphatic rings. The van der Waals surface area contributed by atoms with Gasteiger partial charge in [-0.3, -0.25) is 14.9 Å². The summed E-state index contributed by atoms with van der Waals surface area (Å²) in [4.78, 5) is 50.1. The van der Waals surface area contributed by atoms with Crippen molar-refractivity contribution in [3.8, 4) is 5.75 Å². The fourth-order valence-corrected chi connectivity index (χ4v) is 5.68. The van der Waals surface area contributed by atoms with E-state index in [1.54, 1.807) is 55.5 Å². The van der Waals surface area contributed by atoms with Crippen LogP contribution < -0.4 is 15.0 Å². The third kappa shape index (κ3) is 5.43. The van der Waals surface area contributed by atoms with E-state index in [0.717, 1.165) is 23.2 Å². The molecule has 4 rings (SSSR count). The molecule has 182 valence electrons. The van der Waals surface area contributed by atoms with Crippen molar-refractivity contribution in [3.05, 3.63) is 95.6 Å². The maximum atomic E-state index is 13.2. The summed E-state index contributed by atoms with van der Waals surface area (Å²) in [6.07, 6.45) is 1.45. The first kappa shape index (κ1) is 25.8. The van der Waals surface area contributed by atoms with E-state index in [0.29, 0.717) is 17.0 Å². The molecule has 0 unspecified atom stereocenters. The average Bonchev–Trinajstić information content (AvgIpc) is 2.82. The summed E-state index contributed by atoms with van der Waals surface area (Å²) < 4.78 is 7.47. The monoisotopic (exact) mass is 708 g/mol. The number of halogens is 2. The summed E-state index contributed by atoms with van der Waals surface area (Å²) >= 11 is 4.21. The van der Waals surface area contributed by atoms with E-state index >= 15 is 0 Å². The minimum Gasteiger partial charge on any atom is -0.487 e. The first-order valence-corrected chi connectivity index (χ1v) is 12.7. The Morgan fingerprint density at radius 2 is 1.67 bits per heavy atom. The lowest BCUT2D eigenvalue weighted by atomic mass is 10.1. The number of nitrogens with zero attached hydrogens (tertiary/aromatic N) is 1. The highest BCUT2D eigenvalue weighted by molar-refractivity contribution is 14.1. The van der Waals surface area contributed by atoms with Crippen molar-refractivity contribution in [1.82, 2.24) is 5.32 Å². The van der Waals surface area contributed by atoms with Crippen LogP contribution in [0.2, 0.25) is 0 Å². The van der Waals surface area contributed by atoms with E-state index in [-0.39, 0.29) is 17.7 Å². The number of hydrogen-bond acceptors (Lipinski definition) is 5. The van der Waals surface area contributed by atoms with Crippen LogP contribution in [0, 0.1) is 14.1 Å². The summed E-state index contributed by atoms with van der Waals surface area (Å²) in [6.45, 7) is 2.01. The zero-order chi connectivity index (χ0) is 26.0. The Morgan fingerprint density at radius 1 is 1.03 bits per heavy atom. The number of urea groups is 1. The molecule has 0 atom stereocenters. The molecule has 36 heavy (non-hydrogen) atoms. The molecule has 2 N–H and O–H groups in total. The van der Waals surface area contributed by atoms with Crippen LogP contribution in [-0.4, -0.2) is 28.9 Å². The minimum absolute atomic E-state index is 0.156. The highest BCUT2D eigenvalue weighted by Gasteiger charge is 2.37. The standard InChI is InChI=1S/C26H18I2N2O6/c1-14-4-2-3-5-21(14)30-24(32)18(23(31)29-26(30)35)10-16-11-19(27)22(20(28)12-16)36-13-15-6-8-17(9-7-15)25(33)34/h2-12H,13H2,1H3,(H,33,34)(H,29,31,35)/b18-10+. The van der Waals surface area contributed by atoms with Crippen molar-refractivity contribution in [2.45, 2.75) is 13.5 Å². The summed E-state index contributed by atoms with van der Waals surface area (Å²) in [7, 11) is 0. The Bertz CT molecular complexity index is 1410. The van der Waals surface area contributed by atoms with Gasteiger partial charge in [0.15, 0.2) is 0 Å². The summed E-state index contributed by atoms with van der Waals surface area (Å²) in [6, 6.07) is 16.1. The van der Waals surface area contributed by atoms with E-state index < -0.39 is 23.8 Å². The van der Waals surface area contributed by atoms with Crippen molar-refractivity contribution in [2.75, 3.05) is 4.90 Å². The van der Waals surface area contributed by atoms with Crippen molar-refractivity contribution < 1.29 is 29.0 Å². The number of carbonyl (C=O) groups is 4. The van der Waals surface area contributed by atoms with Crippen LogP contribution in [0.5, 0.6) is 5.75 Å². The largest absolute Gasteiger partial charge is 0.487 e. The molecular weight excluding hydrogens is 690 g/mol. The predicted molar refractivity (Wildman–Crippen MR) is 150 cm³/mol. The molecule has 8 nitrogen and oxygen atoms in total. The molecule has 1 saturated heterocycles. The van der Waals surface area contributed by atoms with Crippen molar-refractivity contribution in [2.24, 2.45) is 0 Å². The number of carboxylic acids is 1. The summed E-state index contributed by atoms with van der Waals surface area (Å²) in [5, 5.41) is 11.3. The number of para-hydroxylation sites is 1. The van der Waals surface area contributed by atoms with E-state index in [1.165, 1.54) is 18.2 Å². The van der Waals surface area contributed by atoms with Crippen LogP contribution in [0.3, 0.4) is 0 Å². The molecule has 0 spiro atoms. The Balaban J connectivity index is 1.58. The SMILES string of the molecule is Cc1ccccc1N1C(=O)NC(=O)/C(=C\c2cc(I)c(OCc3ccc(C(=O)O)cc3)c(I)c2)C1=O. The number of anilines is 1. The topological polar surface area (TPSA) is 113 Å². The van der Waals surface area contributed by atoms with Gasteiger partial charge in [-0.05, 0) is 105 Å². The Kier molecular flexibility index (Phi) is 7.73. The number of ether oxygens (including phenoxy) is 1. The molecule has 1 heterocycles. The number of carboxylic acid groups (broad SMARTS) is 1. The van der Waals surface area contributed by atoms with Gasteiger partial charge in [-0.1, -0.05) is 30.3 Å². The van der Waals surface area contributed by atoms with Crippen molar-refractivity contribution in [3.63, 3.8) is 0 Å². The number of rotatable bonds is 6. The van der Waals surface area contributed by atoms with Crippen LogP contribution in [0.1, 0.15) is 27.0 Å². The average molecular weight is 708 g/mol. The van der Waals surface area contributed by atoms with Gasteiger partial charge in [0, 0.05) is 0 Å². The smallest absolute Gasteiger partial charge is 0.335 e. The van der Waals surface area contributed by atoms with E-state index in [2.05, 4.69) is 50.5 Å². The summed E-state index contributed by atoms with van der Waals surface area (Å²) in [5.74, 6) is -1.83. The number of carbonyl (C=O) groups excluding carboxylic acids is 3. The Hall–Kier alpha value is -3.26. The Morgan fingerprint density at radius 3 is 2.28 bits per heavy atom. The lowest BCUT2D eigenvalue weighted by Crippen LogP contribution is -2.54. The second-order valence-corrected chi connectivity index (χ2v) is 10.2.